The molecular formula is C11H13FN4O. The van der Waals surface area contributed by atoms with Crippen LogP contribution in [0.25, 0.3) is 0 Å². The first-order chi connectivity index (χ1) is 8.28. The minimum absolute atomic E-state index is 0.140. The number of halogens is 1. The number of aryl methyl sites for hydroxylation is 1. The molecule has 1 N–H and O–H groups in total. The third-order valence-electron chi connectivity index (χ3n) is 2.28. The summed E-state index contributed by atoms with van der Waals surface area (Å²) in [7, 11) is 0. The molecule has 0 spiro atoms. The van der Waals surface area contributed by atoms with E-state index in [1.807, 2.05) is 0 Å². The van der Waals surface area contributed by atoms with Crippen LogP contribution >= 0.6 is 0 Å². The van der Waals surface area contributed by atoms with E-state index in [4.69, 9.17) is 5.11 Å². The molecule has 0 radical (unpaired) electrons. The van der Waals surface area contributed by atoms with Gasteiger partial charge >= 0.3 is 0 Å². The molecular weight excluding hydrogens is 223 g/mol. The predicted molar refractivity (Wildman–Crippen MR) is 58.7 cm³/mol. The summed E-state index contributed by atoms with van der Waals surface area (Å²) in [5.74, 6) is -0.358. The zero-order valence-electron chi connectivity index (χ0n) is 9.25. The number of hydrogen-bond acceptors (Lipinski definition) is 4. The molecule has 0 aliphatic carbocycles. The third-order valence-corrected chi connectivity index (χ3v) is 2.28. The zero-order chi connectivity index (χ0) is 12.1. The maximum absolute atomic E-state index is 12.9. The van der Waals surface area contributed by atoms with Gasteiger partial charge in [-0.05, 0) is 24.5 Å². The standard InChI is InChI=1S/C11H13FN4O/c12-10-4-9(5-13-6-10)7-16-8-11(14-15-16)2-1-3-17/h4-6,8,17H,1-3,7H2. The van der Waals surface area contributed by atoms with Crippen molar-refractivity contribution in [3.05, 3.63) is 41.7 Å². The van der Waals surface area contributed by atoms with E-state index in [1.165, 1.54) is 6.07 Å². The fraction of sp³-hybridized carbons (Fsp3) is 0.364. The smallest absolute Gasteiger partial charge is 0.141 e. The van der Waals surface area contributed by atoms with Crippen LogP contribution in [0.1, 0.15) is 17.7 Å². The van der Waals surface area contributed by atoms with Crippen molar-refractivity contribution < 1.29 is 9.50 Å². The van der Waals surface area contributed by atoms with Gasteiger partial charge in [0.25, 0.3) is 0 Å². The Labute approximate surface area is 97.9 Å². The Hall–Kier alpha value is -1.82. The van der Waals surface area contributed by atoms with Gasteiger partial charge in [0.15, 0.2) is 0 Å². The number of aliphatic hydroxyl groups is 1. The Morgan fingerprint density at radius 2 is 2.24 bits per heavy atom. The highest BCUT2D eigenvalue weighted by Crippen LogP contribution is 2.04. The van der Waals surface area contributed by atoms with Crippen LogP contribution in [-0.2, 0) is 13.0 Å². The van der Waals surface area contributed by atoms with Gasteiger partial charge in [0, 0.05) is 19.0 Å². The van der Waals surface area contributed by atoms with Gasteiger partial charge in [-0.1, -0.05) is 5.21 Å². The van der Waals surface area contributed by atoms with Crippen LogP contribution in [0, 0.1) is 5.82 Å². The summed E-state index contributed by atoms with van der Waals surface area (Å²) in [5.41, 5.74) is 1.56. The molecule has 0 aliphatic heterocycles. The van der Waals surface area contributed by atoms with E-state index in [1.54, 1.807) is 17.1 Å². The lowest BCUT2D eigenvalue weighted by molar-refractivity contribution is 0.288. The Morgan fingerprint density at radius 3 is 3.00 bits per heavy atom. The predicted octanol–water partition coefficient (Wildman–Crippen LogP) is 0.785. The molecule has 0 aliphatic rings. The molecule has 2 aromatic rings. The summed E-state index contributed by atoms with van der Waals surface area (Å²) in [5, 5.41) is 16.6. The van der Waals surface area contributed by atoms with Crippen molar-refractivity contribution in [2.75, 3.05) is 6.61 Å². The van der Waals surface area contributed by atoms with Crippen molar-refractivity contribution >= 4 is 0 Å². The minimum atomic E-state index is -0.358. The number of nitrogens with zero attached hydrogens (tertiary/aromatic N) is 4. The lowest BCUT2D eigenvalue weighted by Crippen LogP contribution is -2.01. The summed E-state index contributed by atoms with van der Waals surface area (Å²) in [6.07, 6.45) is 5.91. The molecule has 0 atom stereocenters. The van der Waals surface area contributed by atoms with E-state index in [-0.39, 0.29) is 12.4 Å². The second-order valence-corrected chi connectivity index (χ2v) is 3.75. The maximum atomic E-state index is 12.9. The summed E-state index contributed by atoms with van der Waals surface area (Å²) in [6.45, 7) is 0.581. The molecule has 0 aromatic carbocycles. The highest BCUT2D eigenvalue weighted by atomic mass is 19.1. The molecule has 0 fully saturated rings. The van der Waals surface area contributed by atoms with Crippen molar-refractivity contribution in [2.24, 2.45) is 0 Å². The molecule has 2 heterocycles. The van der Waals surface area contributed by atoms with Crippen LogP contribution < -0.4 is 0 Å². The summed E-state index contributed by atoms with van der Waals surface area (Å²) >= 11 is 0. The first-order valence-electron chi connectivity index (χ1n) is 5.37. The normalized spacial score (nSPS) is 10.7. The van der Waals surface area contributed by atoms with Crippen molar-refractivity contribution in [3.8, 4) is 0 Å². The van der Waals surface area contributed by atoms with Crippen molar-refractivity contribution in [3.63, 3.8) is 0 Å². The average Bonchev–Trinajstić information content (AvgIpc) is 2.74. The van der Waals surface area contributed by atoms with Crippen LogP contribution in [0.2, 0.25) is 0 Å². The first-order valence-corrected chi connectivity index (χ1v) is 5.37. The number of hydrogen-bond donors (Lipinski definition) is 1. The van der Waals surface area contributed by atoms with E-state index in [2.05, 4.69) is 15.3 Å². The van der Waals surface area contributed by atoms with E-state index in [0.717, 1.165) is 17.5 Å². The molecule has 90 valence electrons. The molecule has 0 unspecified atom stereocenters. The Bertz CT molecular complexity index is 486. The minimum Gasteiger partial charge on any atom is -0.396 e. The second kappa shape index (κ2) is 5.49. The van der Waals surface area contributed by atoms with Crippen LogP contribution in [0.15, 0.2) is 24.7 Å². The van der Waals surface area contributed by atoms with Gasteiger partial charge in [-0.25, -0.2) is 9.07 Å². The largest absolute Gasteiger partial charge is 0.396 e. The van der Waals surface area contributed by atoms with E-state index in [9.17, 15) is 4.39 Å². The van der Waals surface area contributed by atoms with Gasteiger partial charge < -0.3 is 5.11 Å². The van der Waals surface area contributed by atoms with Crippen LogP contribution in [-0.4, -0.2) is 31.7 Å². The van der Waals surface area contributed by atoms with Crippen LogP contribution in [0.4, 0.5) is 4.39 Å². The fourth-order valence-corrected chi connectivity index (χ4v) is 1.52. The van der Waals surface area contributed by atoms with Gasteiger partial charge in [0.2, 0.25) is 0 Å². The number of aromatic nitrogens is 4. The van der Waals surface area contributed by atoms with Crippen LogP contribution in [0.5, 0.6) is 0 Å². The molecule has 0 bridgehead atoms. The molecule has 5 nitrogen and oxygen atoms in total. The fourth-order valence-electron chi connectivity index (χ4n) is 1.52. The van der Waals surface area contributed by atoms with Gasteiger partial charge in [-0.15, -0.1) is 5.10 Å². The highest BCUT2D eigenvalue weighted by molar-refractivity contribution is 5.10. The molecule has 17 heavy (non-hydrogen) atoms. The molecule has 6 heteroatoms. The monoisotopic (exact) mass is 236 g/mol. The molecule has 2 aromatic heterocycles. The second-order valence-electron chi connectivity index (χ2n) is 3.75. The van der Waals surface area contributed by atoms with E-state index >= 15 is 0 Å². The van der Waals surface area contributed by atoms with Gasteiger partial charge in [-0.2, -0.15) is 0 Å². The quantitative estimate of drug-likeness (QED) is 0.833. The Kier molecular flexibility index (Phi) is 3.77. The molecule has 0 amide bonds. The molecule has 0 saturated carbocycles. The number of pyridine rings is 1. The number of aliphatic hydroxyl groups excluding tert-OH is 1. The zero-order valence-corrected chi connectivity index (χ0v) is 9.25. The highest BCUT2D eigenvalue weighted by Gasteiger charge is 2.02. The van der Waals surface area contributed by atoms with Gasteiger partial charge in [-0.3, -0.25) is 4.98 Å². The summed E-state index contributed by atoms with van der Waals surface area (Å²) in [6, 6.07) is 1.42. The SMILES string of the molecule is OCCCc1cn(Cc2cncc(F)c2)nn1. The summed E-state index contributed by atoms with van der Waals surface area (Å²) < 4.78 is 14.5. The number of rotatable bonds is 5. The molecule has 0 saturated heterocycles. The van der Waals surface area contributed by atoms with Crippen molar-refractivity contribution in [2.45, 2.75) is 19.4 Å². The maximum Gasteiger partial charge on any atom is 0.141 e. The lowest BCUT2D eigenvalue weighted by Gasteiger charge is -1.99. The molecule has 2 rings (SSSR count). The third kappa shape index (κ3) is 3.32. The van der Waals surface area contributed by atoms with Crippen molar-refractivity contribution in [1.29, 1.82) is 0 Å². The Morgan fingerprint density at radius 1 is 1.35 bits per heavy atom. The van der Waals surface area contributed by atoms with E-state index < -0.39 is 0 Å². The Balaban J connectivity index is 2.01. The summed E-state index contributed by atoms with van der Waals surface area (Å²) in [4.78, 5) is 3.77. The van der Waals surface area contributed by atoms with Gasteiger partial charge in [0.05, 0.1) is 18.4 Å². The van der Waals surface area contributed by atoms with E-state index in [0.29, 0.717) is 19.4 Å². The average molecular weight is 236 g/mol. The van der Waals surface area contributed by atoms with Gasteiger partial charge in [0.1, 0.15) is 5.82 Å². The lowest BCUT2D eigenvalue weighted by atomic mass is 10.2. The first kappa shape index (κ1) is 11.7. The van der Waals surface area contributed by atoms with Crippen molar-refractivity contribution in [1.82, 2.24) is 20.0 Å². The topological polar surface area (TPSA) is 63.8 Å². The van der Waals surface area contributed by atoms with Crippen LogP contribution in [0.3, 0.4) is 0 Å².